The number of alkyl carbamates (subject to hydrolysis) is 1. The molecule has 1 rings (SSSR count). The molecule has 0 aromatic carbocycles. The van der Waals surface area contributed by atoms with E-state index in [1.54, 1.807) is 0 Å². The molecule has 1 N–H and O–H groups in total. The Labute approximate surface area is 227 Å². The van der Waals surface area contributed by atoms with E-state index in [4.69, 9.17) is 18.9 Å². The predicted octanol–water partition coefficient (Wildman–Crippen LogP) is 5.05. The molecule has 9 heteroatoms. The fraction of sp³-hybridized carbons (Fsp3) is 0.655. The van der Waals surface area contributed by atoms with E-state index in [2.05, 4.69) is 52.7 Å². The molecule has 0 saturated heterocycles. The van der Waals surface area contributed by atoms with Gasteiger partial charge in [-0.15, -0.1) is 0 Å². The number of esters is 3. The maximum atomic E-state index is 12.9. The van der Waals surface area contributed by atoms with Crippen molar-refractivity contribution in [3.63, 3.8) is 0 Å². The Balaban J connectivity index is 3.11. The molecule has 1 amide bonds. The highest BCUT2D eigenvalue weighted by Gasteiger charge is 2.42. The summed E-state index contributed by atoms with van der Waals surface area (Å²) in [6.45, 7) is 22.4. The lowest BCUT2D eigenvalue weighted by Crippen LogP contribution is -2.48. The summed E-state index contributed by atoms with van der Waals surface area (Å²) in [5.41, 5.74) is -0.802. The van der Waals surface area contributed by atoms with Gasteiger partial charge in [-0.05, 0) is 50.9 Å². The average molecular weight is 536 g/mol. The van der Waals surface area contributed by atoms with E-state index in [9.17, 15) is 19.2 Å². The van der Waals surface area contributed by atoms with Crippen LogP contribution in [-0.4, -0.2) is 56.5 Å². The molecule has 0 bridgehead atoms. The van der Waals surface area contributed by atoms with Crippen LogP contribution in [0.4, 0.5) is 4.79 Å². The van der Waals surface area contributed by atoms with Crippen molar-refractivity contribution in [3.05, 3.63) is 36.5 Å². The summed E-state index contributed by atoms with van der Waals surface area (Å²) in [7, 11) is 0. The molecule has 9 nitrogen and oxygen atoms in total. The number of amides is 1. The van der Waals surface area contributed by atoms with Gasteiger partial charge in [0.1, 0.15) is 31.8 Å². The van der Waals surface area contributed by atoms with Crippen molar-refractivity contribution in [3.8, 4) is 0 Å². The molecule has 0 aromatic heterocycles. The highest BCUT2D eigenvalue weighted by molar-refractivity contribution is 5.88. The molecule has 0 aliphatic heterocycles. The lowest BCUT2D eigenvalue weighted by Gasteiger charge is -2.46. The van der Waals surface area contributed by atoms with Gasteiger partial charge >= 0.3 is 24.0 Å². The number of rotatable bonds is 13. The number of hydrogen-bond acceptors (Lipinski definition) is 8. The van der Waals surface area contributed by atoms with Crippen LogP contribution in [0.5, 0.6) is 0 Å². The van der Waals surface area contributed by atoms with E-state index in [0.29, 0.717) is 0 Å². The zero-order valence-corrected chi connectivity index (χ0v) is 24.1. The monoisotopic (exact) mass is 535 g/mol. The first-order chi connectivity index (χ1) is 17.4. The van der Waals surface area contributed by atoms with Crippen LogP contribution in [0.3, 0.4) is 0 Å². The average Bonchev–Trinajstić information content (AvgIpc) is 2.80. The fourth-order valence-electron chi connectivity index (χ4n) is 4.71. The largest absolute Gasteiger partial charge is 0.461 e. The van der Waals surface area contributed by atoms with Gasteiger partial charge in [0.15, 0.2) is 0 Å². The van der Waals surface area contributed by atoms with Crippen LogP contribution in [0.25, 0.3) is 0 Å². The normalized spacial score (nSPS) is 20.4. The maximum Gasteiger partial charge on any atom is 0.407 e. The van der Waals surface area contributed by atoms with E-state index in [1.165, 1.54) is 20.8 Å². The highest BCUT2D eigenvalue weighted by Crippen LogP contribution is 2.47. The van der Waals surface area contributed by atoms with E-state index >= 15 is 0 Å². The topological polar surface area (TPSA) is 117 Å². The molecule has 2 atom stereocenters. The van der Waals surface area contributed by atoms with Crippen molar-refractivity contribution in [1.29, 1.82) is 0 Å². The van der Waals surface area contributed by atoms with Crippen molar-refractivity contribution in [2.45, 2.75) is 80.2 Å². The molecule has 0 radical (unpaired) electrons. The second-order valence-corrected chi connectivity index (χ2v) is 11.9. The van der Waals surface area contributed by atoms with Crippen LogP contribution in [0.1, 0.15) is 74.1 Å². The van der Waals surface area contributed by atoms with Gasteiger partial charge in [0, 0.05) is 22.8 Å². The summed E-state index contributed by atoms with van der Waals surface area (Å²) in [6, 6.07) is -0.0886. The van der Waals surface area contributed by atoms with Gasteiger partial charge in [-0.2, -0.15) is 0 Å². The Morgan fingerprint density at radius 3 is 1.53 bits per heavy atom. The van der Waals surface area contributed by atoms with Crippen molar-refractivity contribution in [2.24, 2.45) is 16.2 Å². The SMILES string of the molecule is C=C(C)C(=O)OCC(COC(=O)NC1CC(C)(C)CC(C)(CC)C1)(COC(=O)C(=C)C)COC(=O)C(=C)C. The van der Waals surface area contributed by atoms with Gasteiger partial charge in [0.25, 0.3) is 0 Å². The van der Waals surface area contributed by atoms with Gasteiger partial charge in [0.05, 0.1) is 0 Å². The minimum atomic E-state index is -1.39. The molecular formula is C29H45NO8. The molecule has 0 heterocycles. The summed E-state index contributed by atoms with van der Waals surface area (Å²) in [5, 5.41) is 2.96. The minimum Gasteiger partial charge on any atom is -0.461 e. The third-order valence-electron chi connectivity index (χ3n) is 6.70. The van der Waals surface area contributed by atoms with Crippen molar-refractivity contribution >= 4 is 24.0 Å². The maximum absolute atomic E-state index is 12.9. The summed E-state index contributed by atoms with van der Waals surface area (Å²) in [4.78, 5) is 49.4. The van der Waals surface area contributed by atoms with Gasteiger partial charge in [-0.3, -0.25) is 0 Å². The van der Waals surface area contributed by atoms with Crippen LogP contribution >= 0.6 is 0 Å². The fourth-order valence-corrected chi connectivity index (χ4v) is 4.71. The predicted molar refractivity (Wildman–Crippen MR) is 144 cm³/mol. The smallest absolute Gasteiger partial charge is 0.407 e. The Morgan fingerprint density at radius 1 is 0.763 bits per heavy atom. The van der Waals surface area contributed by atoms with Crippen LogP contribution in [0.2, 0.25) is 0 Å². The van der Waals surface area contributed by atoms with Gasteiger partial charge < -0.3 is 24.3 Å². The van der Waals surface area contributed by atoms with E-state index in [1.807, 2.05) is 0 Å². The third kappa shape index (κ3) is 10.7. The zero-order chi connectivity index (χ0) is 29.3. The van der Waals surface area contributed by atoms with Crippen LogP contribution in [0.15, 0.2) is 36.5 Å². The van der Waals surface area contributed by atoms with Crippen LogP contribution in [0, 0.1) is 16.2 Å². The first-order valence-corrected chi connectivity index (χ1v) is 12.8. The lowest BCUT2D eigenvalue weighted by molar-refractivity contribution is -0.160. The Morgan fingerprint density at radius 2 is 1.16 bits per heavy atom. The Hall–Kier alpha value is -3.10. The molecule has 0 aromatic rings. The van der Waals surface area contributed by atoms with E-state index in [-0.39, 0.29) is 60.0 Å². The molecule has 1 aliphatic rings. The summed E-state index contributed by atoms with van der Waals surface area (Å²) in [6.07, 6.45) is 2.99. The number of ether oxygens (including phenoxy) is 4. The number of hydrogen-bond donors (Lipinski definition) is 1. The lowest BCUT2D eigenvalue weighted by atomic mass is 9.62. The summed E-state index contributed by atoms with van der Waals surface area (Å²) >= 11 is 0. The number of carbonyl (C=O) groups excluding carboxylic acids is 4. The molecule has 1 saturated carbocycles. The standard InChI is InChI=1S/C29H45NO8/c1-11-28(10)13-22(12-27(8,9)14-28)30-26(34)38-18-29(15-35-23(31)19(2)3,16-36-24(32)20(4)5)17-37-25(33)21(6)7/h22H,2,4,6,11-18H2,1,3,5,7-10H3,(H,30,34). The van der Waals surface area contributed by atoms with Gasteiger partial charge in [-0.25, -0.2) is 19.2 Å². The molecule has 1 fully saturated rings. The van der Waals surface area contributed by atoms with Crippen LogP contribution in [-0.2, 0) is 33.3 Å². The first kappa shape index (κ1) is 32.9. The van der Waals surface area contributed by atoms with E-state index in [0.717, 1.165) is 25.7 Å². The Bertz CT molecular complexity index is 876. The van der Waals surface area contributed by atoms with Crippen molar-refractivity contribution in [2.75, 3.05) is 26.4 Å². The first-order valence-electron chi connectivity index (χ1n) is 12.8. The quantitative estimate of drug-likeness (QED) is 0.198. The third-order valence-corrected chi connectivity index (χ3v) is 6.70. The second-order valence-electron chi connectivity index (χ2n) is 11.9. The van der Waals surface area contributed by atoms with Crippen molar-refractivity contribution < 1.29 is 38.1 Å². The molecule has 1 aliphatic carbocycles. The summed E-state index contributed by atoms with van der Waals surface area (Å²) < 4.78 is 21.6. The number of carbonyl (C=O) groups is 4. The molecule has 2 unspecified atom stereocenters. The van der Waals surface area contributed by atoms with Crippen LogP contribution < -0.4 is 5.32 Å². The molecule has 38 heavy (non-hydrogen) atoms. The van der Waals surface area contributed by atoms with Gasteiger partial charge in [-0.1, -0.05) is 53.9 Å². The molecule has 0 spiro atoms. The van der Waals surface area contributed by atoms with Crippen molar-refractivity contribution in [1.82, 2.24) is 5.32 Å². The van der Waals surface area contributed by atoms with E-state index < -0.39 is 29.4 Å². The second kappa shape index (κ2) is 13.6. The van der Waals surface area contributed by atoms with Gasteiger partial charge in [0.2, 0.25) is 0 Å². The number of nitrogens with one attached hydrogen (secondary N) is 1. The molecule has 214 valence electrons. The summed E-state index contributed by atoms with van der Waals surface area (Å²) in [5.74, 6) is -2.08. The minimum absolute atomic E-state index is 0.0506. The molecular weight excluding hydrogens is 490 g/mol. The Kier molecular flexibility index (Phi) is 11.8. The highest BCUT2D eigenvalue weighted by atomic mass is 16.6. The zero-order valence-electron chi connectivity index (χ0n) is 24.1.